The third kappa shape index (κ3) is 2.68. The molecule has 0 radical (unpaired) electrons. The lowest BCUT2D eigenvalue weighted by atomic mass is 9.93. The van der Waals surface area contributed by atoms with Crippen molar-refractivity contribution >= 4 is 16.7 Å². The summed E-state index contributed by atoms with van der Waals surface area (Å²) in [6, 6.07) is 2.17. The van der Waals surface area contributed by atoms with Gasteiger partial charge in [0.25, 0.3) is 0 Å². The number of rotatable bonds is 4. The number of H-pyrrole nitrogens is 1. The van der Waals surface area contributed by atoms with Gasteiger partial charge in [0.05, 0.1) is 11.6 Å². The number of pyridine rings is 1. The number of nitrogens with one attached hydrogen (secondary N) is 1. The van der Waals surface area contributed by atoms with Gasteiger partial charge in [0.1, 0.15) is 5.65 Å². The molecule has 0 spiro atoms. The third-order valence-electron chi connectivity index (χ3n) is 5.12. The van der Waals surface area contributed by atoms with Crippen molar-refractivity contribution in [2.45, 2.75) is 32.6 Å². The van der Waals surface area contributed by atoms with Crippen LogP contribution in [0, 0.1) is 5.92 Å². The average Bonchev–Trinajstić information content (AvgIpc) is 3.21. The van der Waals surface area contributed by atoms with E-state index in [1.807, 2.05) is 24.1 Å². The molecule has 3 aromatic rings. The molecule has 3 aromatic heterocycles. The lowest BCUT2D eigenvalue weighted by molar-refractivity contribution is 0.388. The fraction of sp³-hybridized carbons (Fsp3) is 0.474. The van der Waals surface area contributed by atoms with Crippen LogP contribution >= 0.6 is 0 Å². The van der Waals surface area contributed by atoms with Gasteiger partial charge in [0.2, 0.25) is 0 Å². The number of aromatic amines is 1. The number of anilines is 1. The lowest BCUT2D eigenvalue weighted by Crippen LogP contribution is -2.35. The highest BCUT2D eigenvalue weighted by Crippen LogP contribution is 2.36. The van der Waals surface area contributed by atoms with Gasteiger partial charge in [-0.05, 0) is 31.2 Å². The van der Waals surface area contributed by atoms with Crippen molar-refractivity contribution in [3.8, 4) is 11.1 Å². The van der Waals surface area contributed by atoms with E-state index in [9.17, 15) is 0 Å². The highest BCUT2D eigenvalue weighted by Gasteiger charge is 2.23. The van der Waals surface area contributed by atoms with E-state index in [4.69, 9.17) is 0 Å². The molecule has 1 N–H and O–H groups in total. The molecule has 126 valence electrons. The predicted molar refractivity (Wildman–Crippen MR) is 98.1 cm³/mol. The molecule has 0 unspecified atom stereocenters. The molecule has 5 heteroatoms. The summed E-state index contributed by atoms with van der Waals surface area (Å²) in [7, 11) is 1.96. The summed E-state index contributed by atoms with van der Waals surface area (Å²) in [6.07, 6.45) is 13.2. The molecule has 0 bridgehead atoms. The smallest absolute Gasteiger partial charge is 0.139 e. The van der Waals surface area contributed by atoms with E-state index in [1.54, 1.807) is 0 Å². The Morgan fingerprint density at radius 1 is 1.38 bits per heavy atom. The zero-order valence-corrected chi connectivity index (χ0v) is 14.5. The molecule has 4 rings (SSSR count). The average molecular weight is 323 g/mol. The van der Waals surface area contributed by atoms with E-state index >= 15 is 0 Å². The van der Waals surface area contributed by atoms with Crippen molar-refractivity contribution in [2.24, 2.45) is 13.0 Å². The van der Waals surface area contributed by atoms with Crippen LogP contribution in [0.1, 0.15) is 32.6 Å². The summed E-state index contributed by atoms with van der Waals surface area (Å²) >= 11 is 0. The number of aromatic nitrogens is 4. The normalized spacial score (nSPS) is 18.4. The summed E-state index contributed by atoms with van der Waals surface area (Å²) in [4.78, 5) is 10.4. The van der Waals surface area contributed by atoms with Crippen LogP contribution in [0.25, 0.3) is 22.2 Å². The standard InChI is InChI=1S/C19H25N5/c1-3-5-14-6-4-9-24(12-14)17-7-8-20-19-18(17)16(11-21-19)15-10-22-23(2)13-15/h7-8,10-11,13-14H,3-6,9,12H2,1-2H3,(H,20,21)/t14-/m0/s1. The lowest BCUT2D eigenvalue weighted by Gasteiger charge is -2.35. The largest absolute Gasteiger partial charge is 0.371 e. The summed E-state index contributed by atoms with van der Waals surface area (Å²) in [5.41, 5.74) is 4.60. The maximum absolute atomic E-state index is 4.54. The molecule has 1 atom stereocenters. The number of hydrogen-bond acceptors (Lipinski definition) is 3. The second-order valence-corrected chi connectivity index (χ2v) is 6.90. The second-order valence-electron chi connectivity index (χ2n) is 6.90. The van der Waals surface area contributed by atoms with Gasteiger partial charge in [0, 0.05) is 55.5 Å². The molecule has 0 aliphatic carbocycles. The molecule has 0 saturated carbocycles. The number of piperidine rings is 1. The van der Waals surface area contributed by atoms with E-state index in [-0.39, 0.29) is 0 Å². The molecule has 1 aliphatic rings. The summed E-state index contributed by atoms with van der Waals surface area (Å²) in [5.74, 6) is 0.813. The molecule has 1 fully saturated rings. The Hall–Kier alpha value is -2.30. The highest BCUT2D eigenvalue weighted by atomic mass is 15.2. The fourth-order valence-corrected chi connectivity index (χ4v) is 4.02. The van der Waals surface area contributed by atoms with Gasteiger partial charge >= 0.3 is 0 Å². The minimum Gasteiger partial charge on any atom is -0.371 e. The van der Waals surface area contributed by atoms with Crippen LogP contribution in [0.3, 0.4) is 0 Å². The Bertz CT molecular complexity index is 829. The molecular formula is C19H25N5. The van der Waals surface area contributed by atoms with Crippen molar-refractivity contribution in [2.75, 3.05) is 18.0 Å². The molecular weight excluding hydrogens is 298 g/mol. The number of hydrogen-bond donors (Lipinski definition) is 1. The second kappa shape index (κ2) is 6.30. The van der Waals surface area contributed by atoms with E-state index < -0.39 is 0 Å². The molecule has 1 aliphatic heterocycles. The Labute approximate surface area is 142 Å². The van der Waals surface area contributed by atoms with Gasteiger partial charge in [0.15, 0.2) is 0 Å². The molecule has 0 amide bonds. The molecule has 0 aromatic carbocycles. The van der Waals surface area contributed by atoms with Crippen molar-refractivity contribution in [1.29, 1.82) is 0 Å². The van der Waals surface area contributed by atoms with Crippen LogP contribution in [0.2, 0.25) is 0 Å². The van der Waals surface area contributed by atoms with Crippen molar-refractivity contribution < 1.29 is 0 Å². The summed E-state index contributed by atoms with van der Waals surface area (Å²) in [6.45, 7) is 4.58. The third-order valence-corrected chi connectivity index (χ3v) is 5.12. The van der Waals surface area contributed by atoms with Crippen LogP contribution in [0.5, 0.6) is 0 Å². The molecule has 5 nitrogen and oxygen atoms in total. The Morgan fingerprint density at radius 3 is 3.08 bits per heavy atom. The van der Waals surface area contributed by atoms with Crippen LogP contribution < -0.4 is 4.90 Å². The minimum absolute atomic E-state index is 0.813. The van der Waals surface area contributed by atoms with Gasteiger partial charge in [-0.25, -0.2) is 4.98 Å². The predicted octanol–water partition coefficient (Wildman–Crippen LogP) is 3.98. The van der Waals surface area contributed by atoms with Gasteiger partial charge in [-0.15, -0.1) is 0 Å². The van der Waals surface area contributed by atoms with Crippen LogP contribution in [-0.4, -0.2) is 32.8 Å². The van der Waals surface area contributed by atoms with Crippen molar-refractivity contribution in [1.82, 2.24) is 19.7 Å². The maximum Gasteiger partial charge on any atom is 0.139 e. The minimum atomic E-state index is 0.813. The molecule has 24 heavy (non-hydrogen) atoms. The molecule has 1 saturated heterocycles. The van der Waals surface area contributed by atoms with Crippen LogP contribution in [0.4, 0.5) is 5.69 Å². The molecule has 4 heterocycles. The Kier molecular flexibility index (Phi) is 4.00. The first-order valence-electron chi connectivity index (χ1n) is 8.96. The fourth-order valence-electron chi connectivity index (χ4n) is 4.02. The highest BCUT2D eigenvalue weighted by molar-refractivity contribution is 6.02. The monoisotopic (exact) mass is 323 g/mol. The first kappa shape index (κ1) is 15.2. The number of aryl methyl sites for hydroxylation is 1. The van der Waals surface area contributed by atoms with E-state index in [1.165, 1.54) is 42.3 Å². The number of nitrogens with zero attached hydrogens (tertiary/aromatic N) is 4. The first-order valence-corrected chi connectivity index (χ1v) is 8.96. The maximum atomic E-state index is 4.54. The quantitative estimate of drug-likeness (QED) is 0.790. The van der Waals surface area contributed by atoms with E-state index in [0.29, 0.717) is 0 Å². The number of fused-ring (bicyclic) bond motifs is 1. The van der Waals surface area contributed by atoms with Crippen LogP contribution in [-0.2, 0) is 7.05 Å². The van der Waals surface area contributed by atoms with Gasteiger partial charge < -0.3 is 9.88 Å². The Balaban J connectivity index is 1.76. The first-order chi connectivity index (χ1) is 11.8. The van der Waals surface area contributed by atoms with Gasteiger partial charge in [-0.1, -0.05) is 13.3 Å². The zero-order valence-electron chi connectivity index (χ0n) is 14.5. The topological polar surface area (TPSA) is 49.7 Å². The van der Waals surface area contributed by atoms with E-state index in [2.05, 4.69) is 45.4 Å². The van der Waals surface area contributed by atoms with Gasteiger partial charge in [-0.2, -0.15) is 5.10 Å². The van der Waals surface area contributed by atoms with Crippen molar-refractivity contribution in [3.63, 3.8) is 0 Å². The van der Waals surface area contributed by atoms with Crippen molar-refractivity contribution in [3.05, 3.63) is 30.9 Å². The zero-order chi connectivity index (χ0) is 16.5. The summed E-state index contributed by atoms with van der Waals surface area (Å²) < 4.78 is 1.85. The van der Waals surface area contributed by atoms with Crippen LogP contribution in [0.15, 0.2) is 30.9 Å². The van der Waals surface area contributed by atoms with Gasteiger partial charge in [-0.3, -0.25) is 4.68 Å². The van der Waals surface area contributed by atoms with E-state index in [0.717, 1.165) is 30.2 Å². The Morgan fingerprint density at radius 2 is 2.29 bits per heavy atom. The SMILES string of the molecule is CCC[C@H]1CCCN(c2ccnc3[nH]cc(-c4cnn(C)c4)c23)C1. The summed E-state index contributed by atoms with van der Waals surface area (Å²) in [5, 5.41) is 5.55.